The normalized spacial score (nSPS) is 14.8. The SMILES string of the molecule is CC1(C)c2ccccc2-c2c1c1ccc(Br)cc1c1ccccc21. The molecule has 0 saturated heterocycles. The average Bonchev–Trinajstić information content (AvgIpc) is 2.84. The first-order valence-corrected chi connectivity index (χ1v) is 9.12. The van der Waals surface area contributed by atoms with E-state index < -0.39 is 0 Å². The standard InChI is InChI=1S/C23H17Br/c1-23(2)20-10-6-5-9-18(20)21-16-8-4-3-7-15(16)19-13-14(24)11-12-17(19)22(21)23/h3-13H,1-2H3. The highest BCUT2D eigenvalue weighted by molar-refractivity contribution is 9.10. The molecule has 0 saturated carbocycles. The van der Waals surface area contributed by atoms with E-state index in [4.69, 9.17) is 0 Å². The highest BCUT2D eigenvalue weighted by atomic mass is 79.9. The summed E-state index contributed by atoms with van der Waals surface area (Å²) in [6.07, 6.45) is 0. The monoisotopic (exact) mass is 372 g/mol. The lowest BCUT2D eigenvalue weighted by atomic mass is 9.79. The molecule has 0 amide bonds. The van der Waals surface area contributed by atoms with Crippen LogP contribution < -0.4 is 0 Å². The summed E-state index contributed by atoms with van der Waals surface area (Å²) in [4.78, 5) is 0. The van der Waals surface area contributed by atoms with Gasteiger partial charge in [0.2, 0.25) is 0 Å². The van der Waals surface area contributed by atoms with Gasteiger partial charge in [0.15, 0.2) is 0 Å². The predicted octanol–water partition coefficient (Wildman–Crippen LogP) is 7.06. The molecule has 0 N–H and O–H groups in total. The van der Waals surface area contributed by atoms with Gasteiger partial charge in [-0.1, -0.05) is 84.4 Å². The van der Waals surface area contributed by atoms with Gasteiger partial charge in [-0.2, -0.15) is 0 Å². The molecule has 0 spiro atoms. The molecule has 1 heteroatoms. The van der Waals surface area contributed by atoms with Crippen molar-refractivity contribution in [2.75, 3.05) is 0 Å². The topological polar surface area (TPSA) is 0 Å². The first kappa shape index (κ1) is 14.2. The Hall–Kier alpha value is -2.12. The molecule has 0 fully saturated rings. The molecule has 0 aromatic heterocycles. The molecular formula is C23H17Br. The molecule has 1 aliphatic rings. The minimum absolute atomic E-state index is 0.0159. The summed E-state index contributed by atoms with van der Waals surface area (Å²) in [5.74, 6) is 0. The quantitative estimate of drug-likeness (QED) is 0.289. The van der Waals surface area contributed by atoms with Crippen molar-refractivity contribution < 1.29 is 0 Å². The van der Waals surface area contributed by atoms with Crippen LogP contribution in [-0.4, -0.2) is 0 Å². The first-order chi connectivity index (χ1) is 11.6. The first-order valence-electron chi connectivity index (χ1n) is 8.33. The lowest BCUT2D eigenvalue weighted by Gasteiger charge is -2.24. The van der Waals surface area contributed by atoms with Gasteiger partial charge in [-0.25, -0.2) is 0 Å². The summed E-state index contributed by atoms with van der Waals surface area (Å²) < 4.78 is 1.13. The molecule has 24 heavy (non-hydrogen) atoms. The van der Waals surface area contributed by atoms with Crippen molar-refractivity contribution >= 4 is 37.5 Å². The second-order valence-corrected chi connectivity index (χ2v) is 8.07. The van der Waals surface area contributed by atoms with Crippen LogP contribution in [0.4, 0.5) is 0 Å². The minimum Gasteiger partial charge on any atom is -0.0619 e. The Kier molecular flexibility index (Phi) is 2.79. The Morgan fingerprint density at radius 3 is 2.25 bits per heavy atom. The summed E-state index contributed by atoms with van der Waals surface area (Å²) in [6, 6.07) is 24.4. The largest absolute Gasteiger partial charge is 0.0619 e. The molecule has 0 bridgehead atoms. The van der Waals surface area contributed by atoms with E-state index in [0.717, 1.165) is 4.47 Å². The van der Waals surface area contributed by atoms with Crippen LogP contribution in [0.1, 0.15) is 25.0 Å². The number of hydrogen-bond acceptors (Lipinski definition) is 0. The van der Waals surface area contributed by atoms with Crippen LogP contribution in [0, 0.1) is 0 Å². The van der Waals surface area contributed by atoms with E-state index in [1.807, 2.05) is 0 Å². The minimum atomic E-state index is 0.0159. The van der Waals surface area contributed by atoms with Crippen molar-refractivity contribution in [3.8, 4) is 11.1 Å². The van der Waals surface area contributed by atoms with Crippen LogP contribution in [0.25, 0.3) is 32.7 Å². The van der Waals surface area contributed by atoms with Crippen molar-refractivity contribution in [3.63, 3.8) is 0 Å². The fourth-order valence-electron chi connectivity index (χ4n) is 4.47. The molecule has 0 aliphatic heterocycles. The molecule has 0 nitrogen and oxygen atoms in total. The van der Waals surface area contributed by atoms with Crippen LogP contribution in [-0.2, 0) is 5.41 Å². The van der Waals surface area contributed by atoms with Gasteiger partial charge in [-0.3, -0.25) is 0 Å². The Bertz CT molecular complexity index is 1140. The highest BCUT2D eigenvalue weighted by Gasteiger charge is 2.37. The summed E-state index contributed by atoms with van der Waals surface area (Å²) in [5.41, 5.74) is 5.71. The summed E-state index contributed by atoms with van der Waals surface area (Å²) >= 11 is 3.66. The van der Waals surface area contributed by atoms with Crippen LogP contribution in [0.2, 0.25) is 0 Å². The molecule has 0 unspecified atom stereocenters. The average molecular weight is 373 g/mol. The van der Waals surface area contributed by atoms with E-state index in [2.05, 4.69) is 96.5 Å². The van der Waals surface area contributed by atoms with Gasteiger partial charge in [-0.15, -0.1) is 0 Å². The molecule has 116 valence electrons. The number of benzene rings is 4. The van der Waals surface area contributed by atoms with Gasteiger partial charge in [0, 0.05) is 9.89 Å². The van der Waals surface area contributed by atoms with Crippen LogP contribution in [0.3, 0.4) is 0 Å². The maximum Gasteiger partial charge on any atom is 0.0181 e. The lowest BCUT2D eigenvalue weighted by Crippen LogP contribution is -2.15. The maximum absolute atomic E-state index is 3.66. The van der Waals surface area contributed by atoms with Crippen molar-refractivity contribution in [1.29, 1.82) is 0 Å². The van der Waals surface area contributed by atoms with Crippen LogP contribution >= 0.6 is 15.9 Å². The van der Waals surface area contributed by atoms with E-state index in [1.165, 1.54) is 43.8 Å². The van der Waals surface area contributed by atoms with Crippen molar-refractivity contribution in [2.24, 2.45) is 0 Å². The van der Waals surface area contributed by atoms with Gasteiger partial charge in [0.25, 0.3) is 0 Å². The Labute approximate surface area is 150 Å². The van der Waals surface area contributed by atoms with Gasteiger partial charge >= 0.3 is 0 Å². The van der Waals surface area contributed by atoms with E-state index in [-0.39, 0.29) is 5.41 Å². The molecule has 4 aromatic rings. The molecular weight excluding hydrogens is 356 g/mol. The van der Waals surface area contributed by atoms with E-state index >= 15 is 0 Å². The highest BCUT2D eigenvalue weighted by Crippen LogP contribution is 2.54. The zero-order chi connectivity index (χ0) is 16.5. The molecule has 0 atom stereocenters. The molecule has 0 heterocycles. The third-order valence-corrected chi connectivity index (χ3v) is 5.98. The number of rotatable bonds is 0. The predicted molar refractivity (Wildman–Crippen MR) is 107 cm³/mol. The van der Waals surface area contributed by atoms with E-state index in [9.17, 15) is 0 Å². The molecule has 4 aromatic carbocycles. The zero-order valence-electron chi connectivity index (χ0n) is 13.7. The van der Waals surface area contributed by atoms with Gasteiger partial charge in [0.1, 0.15) is 0 Å². The fraction of sp³-hybridized carbons (Fsp3) is 0.130. The lowest BCUT2D eigenvalue weighted by molar-refractivity contribution is 0.666. The zero-order valence-corrected chi connectivity index (χ0v) is 15.3. The van der Waals surface area contributed by atoms with Crippen molar-refractivity contribution in [1.82, 2.24) is 0 Å². The van der Waals surface area contributed by atoms with Crippen LogP contribution in [0.15, 0.2) is 71.2 Å². The van der Waals surface area contributed by atoms with E-state index in [1.54, 1.807) is 0 Å². The van der Waals surface area contributed by atoms with Crippen molar-refractivity contribution in [3.05, 3.63) is 82.3 Å². The number of hydrogen-bond donors (Lipinski definition) is 0. The second-order valence-electron chi connectivity index (χ2n) is 7.16. The van der Waals surface area contributed by atoms with Crippen LogP contribution in [0.5, 0.6) is 0 Å². The third kappa shape index (κ3) is 1.68. The smallest absolute Gasteiger partial charge is 0.0181 e. The number of fused-ring (bicyclic) bond motifs is 8. The maximum atomic E-state index is 3.66. The Balaban J connectivity index is 2.12. The van der Waals surface area contributed by atoms with Gasteiger partial charge in [-0.05, 0) is 55.9 Å². The summed E-state index contributed by atoms with van der Waals surface area (Å²) in [5, 5.41) is 5.39. The Morgan fingerprint density at radius 2 is 1.42 bits per heavy atom. The molecule has 0 radical (unpaired) electrons. The third-order valence-electron chi connectivity index (χ3n) is 5.48. The van der Waals surface area contributed by atoms with E-state index in [0.29, 0.717) is 0 Å². The van der Waals surface area contributed by atoms with Crippen molar-refractivity contribution in [2.45, 2.75) is 19.3 Å². The summed E-state index contributed by atoms with van der Waals surface area (Å²) in [7, 11) is 0. The fourth-order valence-corrected chi connectivity index (χ4v) is 4.83. The van der Waals surface area contributed by atoms with Gasteiger partial charge < -0.3 is 0 Å². The van der Waals surface area contributed by atoms with Gasteiger partial charge in [0.05, 0.1) is 0 Å². The number of halogens is 1. The second kappa shape index (κ2) is 4.70. The Morgan fingerprint density at radius 1 is 0.708 bits per heavy atom. The molecule has 1 aliphatic carbocycles. The summed E-state index contributed by atoms with van der Waals surface area (Å²) in [6.45, 7) is 4.71. The molecule has 5 rings (SSSR count).